The maximum absolute atomic E-state index is 12.7. The Hall–Kier alpha value is -3.50. The first-order valence-electron chi connectivity index (χ1n) is 9.67. The lowest BCUT2D eigenvalue weighted by Gasteiger charge is -2.29. The van der Waals surface area contributed by atoms with Gasteiger partial charge in [-0.05, 0) is 18.2 Å². The van der Waals surface area contributed by atoms with Crippen molar-refractivity contribution in [2.45, 2.75) is 0 Å². The lowest BCUT2D eigenvalue weighted by atomic mass is 10.2. The molecular formula is C20H19N5O5. The van der Waals surface area contributed by atoms with E-state index in [1.165, 1.54) is 18.2 Å². The van der Waals surface area contributed by atoms with Crippen molar-refractivity contribution in [2.75, 3.05) is 49.2 Å². The molecule has 1 saturated heterocycles. The van der Waals surface area contributed by atoms with Gasteiger partial charge in [-0.15, -0.1) is 0 Å². The van der Waals surface area contributed by atoms with E-state index >= 15 is 0 Å². The first-order chi connectivity index (χ1) is 14.6. The summed E-state index contributed by atoms with van der Waals surface area (Å²) in [5.41, 5.74) is 2.11. The molecule has 4 heterocycles. The minimum Gasteiger partial charge on any atom is -0.401 e. The summed E-state index contributed by atoms with van der Waals surface area (Å²) in [5, 5.41) is 10.9. The van der Waals surface area contributed by atoms with Crippen molar-refractivity contribution in [3.8, 4) is 0 Å². The molecule has 3 aliphatic rings. The normalized spacial score (nSPS) is 19.9. The van der Waals surface area contributed by atoms with Crippen molar-refractivity contribution in [3.63, 3.8) is 0 Å². The highest BCUT2D eigenvalue weighted by molar-refractivity contribution is 6.31. The fourth-order valence-electron chi connectivity index (χ4n) is 3.87. The summed E-state index contributed by atoms with van der Waals surface area (Å²) in [5.74, 6) is -0.00941. The monoisotopic (exact) mass is 409 g/mol. The maximum Gasteiger partial charge on any atom is 0.433 e. The molecule has 30 heavy (non-hydrogen) atoms. The van der Waals surface area contributed by atoms with Crippen molar-refractivity contribution in [3.05, 3.63) is 58.0 Å². The van der Waals surface area contributed by atoms with Crippen LogP contribution in [0.1, 0.15) is 5.76 Å². The number of rotatable bonds is 5. The number of furan rings is 1. The number of carbonyl (C=O) groups excluding carboxylic acids is 1. The Balaban J connectivity index is 1.45. The van der Waals surface area contributed by atoms with Crippen LogP contribution in [0, 0.1) is 10.1 Å². The number of aliphatic imine (C=N–C) groups is 1. The van der Waals surface area contributed by atoms with Crippen molar-refractivity contribution < 1.29 is 18.9 Å². The summed E-state index contributed by atoms with van der Waals surface area (Å²) in [6, 6.07) is 10.5. The number of hydrogen-bond donors (Lipinski definition) is 0. The summed E-state index contributed by atoms with van der Waals surface area (Å²) >= 11 is 0. The molecule has 1 aromatic heterocycles. The third-order valence-electron chi connectivity index (χ3n) is 5.33. The van der Waals surface area contributed by atoms with Crippen LogP contribution in [-0.2, 0) is 9.53 Å². The van der Waals surface area contributed by atoms with Crippen LogP contribution in [0.4, 0.5) is 17.3 Å². The SMILES string of the molecule is O=C1N=C2N(CCN3CCOCC3)c3ccccc3N2/C1=C\c1ccc([N+](=O)[O-])o1. The van der Waals surface area contributed by atoms with Crippen LogP contribution < -0.4 is 9.80 Å². The minimum atomic E-state index is -0.612. The zero-order valence-corrected chi connectivity index (χ0v) is 16.1. The van der Waals surface area contributed by atoms with E-state index in [0.29, 0.717) is 18.2 Å². The average molecular weight is 409 g/mol. The lowest BCUT2D eigenvalue weighted by molar-refractivity contribution is -0.402. The molecule has 0 radical (unpaired) electrons. The van der Waals surface area contributed by atoms with Crippen LogP contribution >= 0.6 is 0 Å². The number of anilines is 2. The molecule has 0 bridgehead atoms. The molecule has 0 unspecified atom stereocenters. The molecule has 0 spiro atoms. The maximum atomic E-state index is 12.7. The largest absolute Gasteiger partial charge is 0.433 e. The van der Waals surface area contributed by atoms with Gasteiger partial charge < -0.3 is 14.1 Å². The second-order valence-electron chi connectivity index (χ2n) is 7.11. The zero-order chi connectivity index (χ0) is 20.7. The molecule has 1 fully saturated rings. The minimum absolute atomic E-state index is 0.228. The molecular weight excluding hydrogens is 390 g/mol. The van der Waals surface area contributed by atoms with Gasteiger partial charge in [0.2, 0.25) is 5.96 Å². The highest BCUT2D eigenvalue weighted by Gasteiger charge is 2.42. The molecule has 0 N–H and O–H groups in total. The first kappa shape index (κ1) is 18.5. The van der Waals surface area contributed by atoms with Gasteiger partial charge in [0.05, 0.1) is 30.7 Å². The van der Waals surface area contributed by atoms with Gasteiger partial charge in [-0.25, -0.2) is 0 Å². The second-order valence-corrected chi connectivity index (χ2v) is 7.11. The Morgan fingerprint density at radius 3 is 2.60 bits per heavy atom. The summed E-state index contributed by atoms with van der Waals surface area (Å²) in [6.07, 6.45) is 1.49. The van der Waals surface area contributed by atoms with Gasteiger partial charge >= 0.3 is 5.88 Å². The quantitative estimate of drug-likeness (QED) is 0.420. The Bertz CT molecular complexity index is 1070. The number of nitro groups is 1. The van der Waals surface area contributed by atoms with Crippen LogP contribution in [0.5, 0.6) is 0 Å². The molecule has 10 nitrogen and oxygen atoms in total. The van der Waals surface area contributed by atoms with E-state index in [2.05, 4.69) is 9.89 Å². The summed E-state index contributed by atoms with van der Waals surface area (Å²) in [6.45, 7) is 4.72. The fraction of sp³-hybridized carbons (Fsp3) is 0.300. The molecule has 154 valence electrons. The number of para-hydroxylation sites is 2. The highest BCUT2D eigenvalue weighted by Crippen LogP contribution is 2.42. The molecule has 0 saturated carbocycles. The average Bonchev–Trinajstić information content (AvgIpc) is 3.42. The summed E-state index contributed by atoms with van der Waals surface area (Å²) < 4.78 is 10.6. The number of benzene rings is 1. The molecule has 2 aromatic rings. The number of guanidine groups is 1. The van der Waals surface area contributed by atoms with Gasteiger partial charge in [-0.2, -0.15) is 4.99 Å². The van der Waals surface area contributed by atoms with E-state index in [4.69, 9.17) is 9.15 Å². The predicted molar refractivity (Wildman–Crippen MR) is 109 cm³/mol. The molecule has 5 rings (SSSR count). The highest BCUT2D eigenvalue weighted by atomic mass is 16.6. The Labute approximate surface area is 171 Å². The van der Waals surface area contributed by atoms with Gasteiger partial charge in [0.15, 0.2) is 0 Å². The number of fused-ring (bicyclic) bond motifs is 3. The van der Waals surface area contributed by atoms with E-state index in [9.17, 15) is 14.9 Å². The Kier molecular flexibility index (Phi) is 4.57. The smallest absolute Gasteiger partial charge is 0.401 e. The third-order valence-corrected chi connectivity index (χ3v) is 5.33. The van der Waals surface area contributed by atoms with Crippen molar-refractivity contribution in [1.29, 1.82) is 0 Å². The van der Waals surface area contributed by atoms with E-state index < -0.39 is 10.8 Å². The van der Waals surface area contributed by atoms with Crippen molar-refractivity contribution in [2.24, 2.45) is 4.99 Å². The number of amides is 1. The second kappa shape index (κ2) is 7.39. The van der Waals surface area contributed by atoms with Crippen LogP contribution in [0.15, 0.2) is 51.5 Å². The molecule has 0 aliphatic carbocycles. The zero-order valence-electron chi connectivity index (χ0n) is 16.1. The predicted octanol–water partition coefficient (Wildman–Crippen LogP) is 2.08. The number of carbonyl (C=O) groups is 1. The van der Waals surface area contributed by atoms with E-state index in [1.807, 2.05) is 29.2 Å². The van der Waals surface area contributed by atoms with Gasteiger partial charge in [-0.1, -0.05) is 12.1 Å². The van der Waals surface area contributed by atoms with E-state index in [-0.39, 0.29) is 11.6 Å². The van der Waals surface area contributed by atoms with Crippen LogP contribution in [0.3, 0.4) is 0 Å². The summed E-state index contributed by atoms with van der Waals surface area (Å²) in [4.78, 5) is 33.4. The van der Waals surface area contributed by atoms with Gasteiger partial charge in [-0.3, -0.25) is 24.7 Å². The number of morpholine rings is 1. The number of ether oxygens (including phenoxy) is 1. The van der Waals surface area contributed by atoms with Gasteiger partial charge in [0.25, 0.3) is 5.91 Å². The topological polar surface area (TPSA) is 105 Å². The van der Waals surface area contributed by atoms with Crippen LogP contribution in [0.2, 0.25) is 0 Å². The van der Waals surface area contributed by atoms with E-state index in [1.54, 1.807) is 4.90 Å². The number of hydrogen-bond acceptors (Lipinski definition) is 8. The van der Waals surface area contributed by atoms with Crippen LogP contribution in [0.25, 0.3) is 6.08 Å². The molecule has 1 aromatic carbocycles. The molecule has 0 atom stereocenters. The molecule has 10 heteroatoms. The first-order valence-corrected chi connectivity index (χ1v) is 9.67. The lowest BCUT2D eigenvalue weighted by Crippen LogP contribution is -2.43. The van der Waals surface area contributed by atoms with Crippen molar-refractivity contribution >= 4 is 35.2 Å². The molecule has 1 amide bonds. The standard InChI is InChI=1S/C20H19N5O5/c26-19-17(13-14-5-6-18(30-14)25(27)28)24-16-4-2-1-3-15(16)23(20(24)21-19)8-7-22-9-11-29-12-10-22/h1-6,13H,7-12H2/b17-13-. The van der Waals surface area contributed by atoms with Gasteiger partial charge in [0, 0.05) is 32.3 Å². The molecule has 3 aliphatic heterocycles. The fourth-order valence-corrected chi connectivity index (χ4v) is 3.87. The van der Waals surface area contributed by atoms with Gasteiger partial charge in [0.1, 0.15) is 16.4 Å². The van der Waals surface area contributed by atoms with Crippen molar-refractivity contribution in [1.82, 2.24) is 4.90 Å². The van der Waals surface area contributed by atoms with Crippen LogP contribution in [-0.4, -0.2) is 61.1 Å². The Morgan fingerprint density at radius 1 is 1.10 bits per heavy atom. The summed E-state index contributed by atoms with van der Waals surface area (Å²) in [7, 11) is 0. The Morgan fingerprint density at radius 2 is 1.87 bits per heavy atom. The number of nitrogens with zero attached hydrogens (tertiary/aromatic N) is 5. The van der Waals surface area contributed by atoms with E-state index in [0.717, 1.165) is 44.2 Å². The third kappa shape index (κ3) is 3.15.